The average molecular weight is 539 g/mol. The molecule has 3 aromatic heterocycles. The normalized spacial score (nSPS) is 18.5. The van der Waals surface area contributed by atoms with Gasteiger partial charge >= 0.3 is 0 Å². The van der Waals surface area contributed by atoms with Gasteiger partial charge in [-0.25, -0.2) is 4.98 Å². The highest BCUT2D eigenvalue weighted by atomic mass is 35.5. The lowest BCUT2D eigenvalue weighted by Gasteiger charge is -2.55. The fourth-order valence-electron chi connectivity index (χ4n) is 5.31. The highest BCUT2D eigenvalue weighted by Gasteiger charge is 2.44. The third kappa shape index (κ3) is 4.63. The number of halogens is 2. The number of aromatic amines is 1. The number of pyridine rings is 2. The van der Waals surface area contributed by atoms with Crippen LogP contribution in [0.2, 0.25) is 10.0 Å². The second-order valence-corrected chi connectivity index (χ2v) is 10.7. The van der Waals surface area contributed by atoms with Gasteiger partial charge in [0, 0.05) is 61.3 Å². The van der Waals surface area contributed by atoms with Crippen LogP contribution in [0.1, 0.15) is 25.5 Å². The zero-order valence-corrected chi connectivity index (χ0v) is 22.3. The standard InChI is InChI=1S/C27H28Cl2N6O2/c1-17(25-21(28)13-30-14-22(25)29)37-19-4-5-23-20(11-19)26(33-32-23)18-3-6-24(31-12-18)34-15-27(2,16-34)35-7-9-36-10-8-35/h3-6,11-14,17H,7-10,15-16H2,1-2H3,(H,32,33)/t17-/m1/s1. The number of nitrogens with zero attached hydrogens (tertiary/aromatic N) is 5. The summed E-state index contributed by atoms with van der Waals surface area (Å²) in [7, 11) is 0. The molecule has 2 aliphatic rings. The Balaban J connectivity index is 1.19. The summed E-state index contributed by atoms with van der Waals surface area (Å²) in [6, 6.07) is 9.99. The number of fused-ring (bicyclic) bond motifs is 1. The predicted octanol–water partition coefficient (Wildman–Crippen LogP) is 5.38. The summed E-state index contributed by atoms with van der Waals surface area (Å²) in [5, 5.41) is 9.58. The van der Waals surface area contributed by atoms with E-state index < -0.39 is 0 Å². The van der Waals surface area contributed by atoms with Gasteiger partial charge in [-0.3, -0.25) is 15.0 Å². The molecular formula is C27H28Cl2N6O2. The zero-order valence-electron chi connectivity index (χ0n) is 20.7. The van der Waals surface area contributed by atoms with Crippen LogP contribution in [0.25, 0.3) is 22.2 Å². The molecular weight excluding hydrogens is 511 g/mol. The monoisotopic (exact) mass is 538 g/mol. The first-order chi connectivity index (χ1) is 17.9. The molecule has 0 saturated carbocycles. The van der Waals surface area contributed by atoms with E-state index >= 15 is 0 Å². The Morgan fingerprint density at radius 2 is 1.81 bits per heavy atom. The molecule has 5 heterocycles. The Morgan fingerprint density at radius 1 is 1.05 bits per heavy atom. The summed E-state index contributed by atoms with van der Waals surface area (Å²) in [6.45, 7) is 9.80. The maximum Gasteiger partial charge on any atom is 0.128 e. The van der Waals surface area contributed by atoms with E-state index in [1.807, 2.05) is 31.3 Å². The minimum Gasteiger partial charge on any atom is -0.486 e. The number of H-pyrrole nitrogens is 1. The maximum absolute atomic E-state index is 6.32. The molecule has 1 N–H and O–H groups in total. The molecule has 37 heavy (non-hydrogen) atoms. The number of rotatable bonds is 6. The zero-order chi connectivity index (χ0) is 25.6. The van der Waals surface area contributed by atoms with E-state index in [0.717, 1.165) is 67.4 Å². The SMILES string of the molecule is C[C@@H](Oc1ccc2[nH]nc(-c3ccc(N4CC(C)(N5CCOCC5)C4)nc3)c2c1)c1c(Cl)cncc1Cl. The van der Waals surface area contributed by atoms with E-state index in [9.17, 15) is 0 Å². The van der Waals surface area contributed by atoms with Gasteiger partial charge < -0.3 is 14.4 Å². The molecule has 0 aliphatic carbocycles. The average Bonchev–Trinajstić information content (AvgIpc) is 3.31. The van der Waals surface area contributed by atoms with Crippen molar-refractivity contribution in [2.45, 2.75) is 25.5 Å². The van der Waals surface area contributed by atoms with Crippen molar-refractivity contribution in [3.63, 3.8) is 0 Å². The van der Waals surface area contributed by atoms with Gasteiger partial charge in [0.1, 0.15) is 23.4 Å². The van der Waals surface area contributed by atoms with Crippen LogP contribution in [0, 0.1) is 0 Å². The van der Waals surface area contributed by atoms with Crippen molar-refractivity contribution < 1.29 is 9.47 Å². The van der Waals surface area contributed by atoms with E-state index in [0.29, 0.717) is 21.4 Å². The first-order valence-corrected chi connectivity index (χ1v) is 13.1. The molecule has 10 heteroatoms. The van der Waals surface area contributed by atoms with E-state index in [1.165, 1.54) is 0 Å². The molecule has 192 valence electrons. The molecule has 0 amide bonds. The largest absolute Gasteiger partial charge is 0.486 e. The minimum atomic E-state index is -0.351. The highest BCUT2D eigenvalue weighted by molar-refractivity contribution is 6.35. The minimum absolute atomic E-state index is 0.181. The summed E-state index contributed by atoms with van der Waals surface area (Å²) >= 11 is 12.6. The summed E-state index contributed by atoms with van der Waals surface area (Å²) in [5.74, 6) is 1.68. The van der Waals surface area contributed by atoms with Crippen molar-refractivity contribution in [2.24, 2.45) is 0 Å². The van der Waals surface area contributed by atoms with Crippen LogP contribution in [0.3, 0.4) is 0 Å². The Morgan fingerprint density at radius 3 is 2.51 bits per heavy atom. The molecule has 1 atom stereocenters. The van der Waals surface area contributed by atoms with Crippen LogP contribution in [0.15, 0.2) is 48.9 Å². The molecule has 1 aromatic carbocycles. The number of anilines is 1. The van der Waals surface area contributed by atoms with E-state index in [1.54, 1.807) is 12.4 Å². The molecule has 2 fully saturated rings. The second kappa shape index (κ2) is 9.76. The molecule has 6 rings (SSSR count). The van der Waals surface area contributed by atoms with Crippen molar-refractivity contribution >= 4 is 39.9 Å². The fourth-order valence-corrected chi connectivity index (χ4v) is 5.99. The lowest BCUT2D eigenvalue weighted by Crippen LogP contribution is -2.70. The smallest absolute Gasteiger partial charge is 0.128 e. The van der Waals surface area contributed by atoms with Gasteiger partial charge in [-0.15, -0.1) is 0 Å². The van der Waals surface area contributed by atoms with E-state index in [4.69, 9.17) is 37.7 Å². The fraction of sp³-hybridized carbons (Fsp3) is 0.370. The summed E-state index contributed by atoms with van der Waals surface area (Å²) in [5.41, 5.74) is 3.58. The Bertz CT molecular complexity index is 1390. The van der Waals surface area contributed by atoms with Crippen LogP contribution in [-0.2, 0) is 4.74 Å². The van der Waals surface area contributed by atoms with Crippen molar-refractivity contribution in [3.05, 3.63) is 64.5 Å². The summed E-state index contributed by atoms with van der Waals surface area (Å²) in [6.07, 6.45) is 4.68. The Hall–Kier alpha value is -2.91. The third-order valence-electron chi connectivity index (χ3n) is 7.33. The molecule has 2 aliphatic heterocycles. The van der Waals surface area contributed by atoms with Gasteiger partial charge in [-0.1, -0.05) is 23.2 Å². The molecule has 8 nitrogen and oxygen atoms in total. The number of morpholine rings is 1. The van der Waals surface area contributed by atoms with Gasteiger partial charge in [0.05, 0.1) is 34.3 Å². The second-order valence-electron chi connectivity index (χ2n) is 9.91. The summed E-state index contributed by atoms with van der Waals surface area (Å²) in [4.78, 5) is 13.6. The van der Waals surface area contributed by atoms with Crippen molar-refractivity contribution in [1.82, 2.24) is 25.1 Å². The number of aromatic nitrogens is 4. The number of nitrogens with one attached hydrogen (secondary N) is 1. The first kappa shape index (κ1) is 24.4. The summed E-state index contributed by atoms with van der Waals surface area (Å²) < 4.78 is 11.7. The highest BCUT2D eigenvalue weighted by Crippen LogP contribution is 2.36. The molecule has 0 unspecified atom stereocenters. The molecule has 0 bridgehead atoms. The quantitative estimate of drug-likeness (QED) is 0.353. The topological polar surface area (TPSA) is 79.4 Å². The number of hydrogen-bond donors (Lipinski definition) is 1. The van der Waals surface area contributed by atoms with E-state index in [2.05, 4.69) is 44.0 Å². The van der Waals surface area contributed by atoms with Crippen LogP contribution >= 0.6 is 23.2 Å². The number of ether oxygens (including phenoxy) is 2. The van der Waals surface area contributed by atoms with Gasteiger partial charge in [0.25, 0.3) is 0 Å². The van der Waals surface area contributed by atoms with Crippen LogP contribution in [-0.4, -0.2) is 70.0 Å². The number of benzene rings is 1. The van der Waals surface area contributed by atoms with Crippen LogP contribution in [0.5, 0.6) is 5.75 Å². The van der Waals surface area contributed by atoms with Crippen LogP contribution in [0.4, 0.5) is 5.82 Å². The Kier molecular flexibility index (Phi) is 6.44. The molecule has 2 saturated heterocycles. The van der Waals surface area contributed by atoms with Crippen LogP contribution < -0.4 is 9.64 Å². The maximum atomic E-state index is 6.32. The van der Waals surface area contributed by atoms with Crippen molar-refractivity contribution in [3.8, 4) is 17.0 Å². The van der Waals surface area contributed by atoms with Gasteiger partial charge in [0.2, 0.25) is 0 Å². The third-order valence-corrected chi connectivity index (χ3v) is 7.93. The lowest BCUT2D eigenvalue weighted by atomic mass is 9.89. The molecule has 0 radical (unpaired) electrons. The number of hydrogen-bond acceptors (Lipinski definition) is 7. The van der Waals surface area contributed by atoms with Gasteiger partial charge in [-0.2, -0.15) is 5.10 Å². The Labute approximate surface area is 225 Å². The van der Waals surface area contributed by atoms with E-state index in [-0.39, 0.29) is 11.6 Å². The predicted molar refractivity (Wildman–Crippen MR) is 146 cm³/mol. The molecule has 4 aromatic rings. The van der Waals surface area contributed by atoms with Crippen molar-refractivity contribution in [2.75, 3.05) is 44.3 Å². The van der Waals surface area contributed by atoms with Gasteiger partial charge in [-0.05, 0) is 44.2 Å². The molecule has 0 spiro atoms. The van der Waals surface area contributed by atoms with Gasteiger partial charge in [0.15, 0.2) is 0 Å². The van der Waals surface area contributed by atoms with Crippen molar-refractivity contribution in [1.29, 1.82) is 0 Å². The lowest BCUT2D eigenvalue weighted by molar-refractivity contribution is -0.0266. The first-order valence-electron chi connectivity index (χ1n) is 12.4.